The highest BCUT2D eigenvalue weighted by molar-refractivity contribution is 6.04. The van der Waals surface area contributed by atoms with Crippen LogP contribution in [0.5, 0.6) is 0 Å². The molecule has 0 spiro atoms. The number of carboxylic acid groups (broad SMARTS) is 1. The fourth-order valence-corrected chi connectivity index (χ4v) is 2.51. The van der Waals surface area contributed by atoms with Crippen molar-refractivity contribution in [3.05, 3.63) is 42.0 Å². The number of nitrogens with one attached hydrogen (secondary N) is 2. The summed E-state index contributed by atoms with van der Waals surface area (Å²) in [4.78, 5) is 35.3. The fourth-order valence-electron chi connectivity index (χ4n) is 2.51. The first-order valence-electron chi connectivity index (χ1n) is 7.02. The Hall–Kier alpha value is -2.63. The van der Waals surface area contributed by atoms with Gasteiger partial charge in [-0.1, -0.05) is 24.3 Å². The molecule has 1 aliphatic carbocycles. The summed E-state index contributed by atoms with van der Waals surface area (Å²) in [5.41, 5.74) is 0.688. The van der Waals surface area contributed by atoms with Crippen LogP contribution in [0.1, 0.15) is 23.2 Å². The summed E-state index contributed by atoms with van der Waals surface area (Å²) in [6.45, 7) is 0. The van der Waals surface area contributed by atoms with E-state index in [1.165, 1.54) is 7.05 Å². The summed E-state index contributed by atoms with van der Waals surface area (Å²) >= 11 is 0. The summed E-state index contributed by atoms with van der Waals surface area (Å²) < 4.78 is 0. The Morgan fingerprint density at radius 2 is 1.73 bits per heavy atom. The van der Waals surface area contributed by atoms with Crippen LogP contribution in [-0.2, 0) is 9.59 Å². The molecular weight excluding hydrogens is 284 g/mol. The highest BCUT2D eigenvalue weighted by Gasteiger charge is 2.30. The van der Waals surface area contributed by atoms with E-state index >= 15 is 0 Å². The van der Waals surface area contributed by atoms with Crippen molar-refractivity contribution in [3.63, 3.8) is 0 Å². The number of hydrogen-bond acceptors (Lipinski definition) is 4. The summed E-state index contributed by atoms with van der Waals surface area (Å²) in [5.74, 6) is -3.53. The molecule has 0 fully saturated rings. The molecule has 2 atom stereocenters. The molecule has 0 heterocycles. The molecular formula is C16H17N2O4-. The lowest BCUT2D eigenvalue weighted by atomic mass is 9.82. The number of amides is 2. The number of anilines is 1. The van der Waals surface area contributed by atoms with Crippen LogP contribution in [0.4, 0.5) is 5.69 Å². The van der Waals surface area contributed by atoms with E-state index in [-0.39, 0.29) is 12.3 Å². The number of allylic oxidation sites excluding steroid dienone is 2. The number of carboxylic acids is 1. The normalized spacial score (nSPS) is 20.2. The molecule has 0 radical (unpaired) electrons. The van der Waals surface area contributed by atoms with Gasteiger partial charge in [0.15, 0.2) is 0 Å². The third-order valence-corrected chi connectivity index (χ3v) is 3.73. The van der Waals surface area contributed by atoms with E-state index in [9.17, 15) is 19.5 Å². The lowest BCUT2D eigenvalue weighted by Gasteiger charge is -2.28. The van der Waals surface area contributed by atoms with Crippen molar-refractivity contribution in [1.29, 1.82) is 0 Å². The molecule has 0 bridgehead atoms. The summed E-state index contributed by atoms with van der Waals surface area (Å²) in [6.07, 6.45) is 4.14. The Morgan fingerprint density at radius 3 is 2.36 bits per heavy atom. The maximum atomic E-state index is 12.4. The summed E-state index contributed by atoms with van der Waals surface area (Å²) in [7, 11) is 1.50. The van der Waals surface area contributed by atoms with Crippen molar-refractivity contribution < 1.29 is 19.5 Å². The molecule has 6 heteroatoms. The predicted molar refractivity (Wildman–Crippen MR) is 78.8 cm³/mol. The second-order valence-electron chi connectivity index (χ2n) is 5.09. The Balaban J connectivity index is 2.20. The largest absolute Gasteiger partial charge is 0.550 e. The van der Waals surface area contributed by atoms with Crippen LogP contribution in [0.3, 0.4) is 0 Å². The molecule has 0 unspecified atom stereocenters. The molecule has 1 aromatic rings. The van der Waals surface area contributed by atoms with Gasteiger partial charge in [0.25, 0.3) is 5.91 Å². The van der Waals surface area contributed by atoms with Crippen LogP contribution in [0.25, 0.3) is 0 Å². The molecule has 0 saturated carbocycles. The van der Waals surface area contributed by atoms with E-state index in [2.05, 4.69) is 10.6 Å². The SMILES string of the molecule is CNC(=O)c1ccccc1NC(=O)[C@@H]1CC=CC[C@H]1C(=O)[O-]. The molecule has 22 heavy (non-hydrogen) atoms. The van der Waals surface area contributed by atoms with E-state index in [1.54, 1.807) is 36.4 Å². The predicted octanol–water partition coefficient (Wildman–Crippen LogP) is 0.317. The molecule has 6 nitrogen and oxygen atoms in total. The first kappa shape index (κ1) is 15.8. The Morgan fingerprint density at radius 1 is 1.09 bits per heavy atom. The smallest absolute Gasteiger partial charge is 0.253 e. The van der Waals surface area contributed by atoms with Gasteiger partial charge in [-0.05, 0) is 25.0 Å². The second kappa shape index (κ2) is 6.89. The van der Waals surface area contributed by atoms with Gasteiger partial charge in [-0.3, -0.25) is 9.59 Å². The fraction of sp³-hybridized carbons (Fsp3) is 0.312. The number of benzene rings is 1. The van der Waals surface area contributed by atoms with Gasteiger partial charge in [0.2, 0.25) is 5.91 Å². The van der Waals surface area contributed by atoms with Crippen molar-refractivity contribution in [2.45, 2.75) is 12.8 Å². The average Bonchev–Trinajstić information content (AvgIpc) is 2.54. The number of para-hydroxylation sites is 1. The minimum absolute atomic E-state index is 0.275. The van der Waals surface area contributed by atoms with Crippen LogP contribution in [0.2, 0.25) is 0 Å². The standard InChI is InChI=1S/C16H18N2O4/c1-17-14(19)12-8-4-5-9-13(12)18-15(20)10-6-2-3-7-11(10)16(21)22/h2-5,8-11H,6-7H2,1H3,(H,17,19)(H,18,20)(H,21,22)/p-1/t10-,11-/m1/s1. The minimum Gasteiger partial charge on any atom is -0.550 e. The molecule has 1 aliphatic rings. The van der Waals surface area contributed by atoms with Gasteiger partial charge >= 0.3 is 0 Å². The van der Waals surface area contributed by atoms with Crippen LogP contribution in [0.15, 0.2) is 36.4 Å². The van der Waals surface area contributed by atoms with E-state index in [0.29, 0.717) is 17.7 Å². The van der Waals surface area contributed by atoms with Crippen LogP contribution in [0, 0.1) is 11.8 Å². The monoisotopic (exact) mass is 301 g/mol. The van der Waals surface area contributed by atoms with Gasteiger partial charge in [-0.2, -0.15) is 0 Å². The van der Waals surface area contributed by atoms with Crippen LogP contribution >= 0.6 is 0 Å². The highest BCUT2D eigenvalue weighted by Crippen LogP contribution is 2.27. The van der Waals surface area contributed by atoms with Gasteiger partial charge in [0.1, 0.15) is 0 Å². The van der Waals surface area contributed by atoms with Gasteiger partial charge in [-0.25, -0.2) is 0 Å². The Bertz CT molecular complexity index is 624. The molecule has 0 aromatic heterocycles. The lowest BCUT2D eigenvalue weighted by Crippen LogP contribution is -2.41. The third kappa shape index (κ3) is 3.33. The molecule has 2 amide bonds. The van der Waals surface area contributed by atoms with Crippen LogP contribution < -0.4 is 15.7 Å². The molecule has 1 aromatic carbocycles. The Labute approximate surface area is 128 Å². The maximum Gasteiger partial charge on any atom is 0.253 e. The van der Waals surface area contributed by atoms with Gasteiger partial charge in [0, 0.05) is 18.9 Å². The zero-order valence-corrected chi connectivity index (χ0v) is 12.2. The number of rotatable bonds is 4. The van der Waals surface area contributed by atoms with Gasteiger partial charge in [0.05, 0.1) is 17.2 Å². The molecule has 116 valence electrons. The number of carbonyl (C=O) groups excluding carboxylic acids is 3. The van der Waals surface area contributed by atoms with E-state index in [4.69, 9.17) is 0 Å². The Kier molecular flexibility index (Phi) is 4.93. The molecule has 2 rings (SSSR count). The highest BCUT2D eigenvalue weighted by atomic mass is 16.4. The quantitative estimate of drug-likeness (QED) is 0.782. The summed E-state index contributed by atoms with van der Waals surface area (Å²) in [6, 6.07) is 6.58. The zero-order valence-electron chi connectivity index (χ0n) is 12.2. The zero-order chi connectivity index (χ0) is 16.1. The first-order valence-corrected chi connectivity index (χ1v) is 7.02. The number of carbonyl (C=O) groups is 3. The van der Waals surface area contributed by atoms with Crippen LogP contribution in [-0.4, -0.2) is 24.8 Å². The first-order chi connectivity index (χ1) is 10.5. The van der Waals surface area contributed by atoms with Crippen molar-refractivity contribution >= 4 is 23.5 Å². The minimum atomic E-state index is -1.23. The van der Waals surface area contributed by atoms with E-state index < -0.39 is 23.7 Å². The average molecular weight is 301 g/mol. The molecule has 0 aliphatic heterocycles. The van der Waals surface area contributed by atoms with Gasteiger partial charge in [-0.15, -0.1) is 0 Å². The molecule has 0 saturated heterocycles. The third-order valence-electron chi connectivity index (χ3n) is 3.73. The lowest BCUT2D eigenvalue weighted by molar-refractivity contribution is -0.313. The topological polar surface area (TPSA) is 98.3 Å². The number of hydrogen-bond donors (Lipinski definition) is 2. The molecule has 2 N–H and O–H groups in total. The van der Waals surface area contributed by atoms with Gasteiger partial charge < -0.3 is 20.5 Å². The second-order valence-corrected chi connectivity index (χ2v) is 5.09. The van der Waals surface area contributed by atoms with Crippen molar-refractivity contribution in [3.8, 4) is 0 Å². The maximum absolute atomic E-state index is 12.4. The van der Waals surface area contributed by atoms with Crippen molar-refractivity contribution in [2.24, 2.45) is 11.8 Å². The summed E-state index contributed by atoms with van der Waals surface area (Å²) in [5, 5.41) is 16.3. The van der Waals surface area contributed by atoms with E-state index in [1.807, 2.05) is 0 Å². The number of aliphatic carboxylic acids is 1. The van der Waals surface area contributed by atoms with E-state index in [0.717, 1.165) is 0 Å². The van der Waals surface area contributed by atoms with Crippen molar-refractivity contribution in [2.75, 3.05) is 12.4 Å². The van der Waals surface area contributed by atoms with Crippen molar-refractivity contribution in [1.82, 2.24) is 5.32 Å².